The monoisotopic (exact) mass is 227 g/mol. The molecule has 1 rings (SSSR count). The molecule has 4 N–H and O–H groups in total. The van der Waals surface area contributed by atoms with E-state index in [-0.39, 0.29) is 11.9 Å². The van der Waals surface area contributed by atoms with Crippen molar-refractivity contribution < 1.29 is 14.3 Å². The van der Waals surface area contributed by atoms with Crippen LogP contribution in [0.5, 0.6) is 0 Å². The predicted molar refractivity (Wildman–Crippen MR) is 57.9 cm³/mol. The minimum absolute atomic E-state index is 0.245. The summed E-state index contributed by atoms with van der Waals surface area (Å²) in [5.74, 6) is -0.526. The highest BCUT2D eigenvalue weighted by molar-refractivity contribution is 5.77. The fraction of sp³-hybridized carbons (Fsp3) is 0.600. The molecule has 90 valence electrons. The average molecular weight is 227 g/mol. The first-order valence-corrected chi connectivity index (χ1v) is 5.03. The van der Waals surface area contributed by atoms with E-state index in [1.54, 1.807) is 13.0 Å². The molecule has 2 amide bonds. The topological polar surface area (TPSA) is 93.4 Å². The Kier molecular flexibility index (Phi) is 3.41. The SMILES string of the molecule is C/C(=C/[C@H]1CC(C)(C)OC1=O)NNC(N)=O. The highest BCUT2D eigenvalue weighted by atomic mass is 16.6. The molecule has 0 spiro atoms. The maximum atomic E-state index is 11.5. The lowest BCUT2D eigenvalue weighted by molar-refractivity contribution is -0.147. The van der Waals surface area contributed by atoms with Gasteiger partial charge in [-0.25, -0.2) is 4.79 Å². The van der Waals surface area contributed by atoms with Gasteiger partial charge in [-0.05, 0) is 26.8 Å². The lowest BCUT2D eigenvalue weighted by Crippen LogP contribution is -2.40. The summed E-state index contributed by atoms with van der Waals surface area (Å²) < 4.78 is 5.16. The number of hydrazine groups is 1. The summed E-state index contributed by atoms with van der Waals surface area (Å²) in [7, 11) is 0. The second-order valence-electron chi connectivity index (χ2n) is 4.46. The number of primary amides is 1. The fourth-order valence-electron chi connectivity index (χ4n) is 1.63. The van der Waals surface area contributed by atoms with Crippen LogP contribution in [0.4, 0.5) is 4.79 Å². The Labute approximate surface area is 94.2 Å². The third kappa shape index (κ3) is 3.45. The van der Waals surface area contributed by atoms with Gasteiger partial charge in [0.15, 0.2) is 0 Å². The second kappa shape index (κ2) is 4.42. The number of nitrogens with two attached hydrogens (primary N) is 1. The molecule has 0 aliphatic carbocycles. The van der Waals surface area contributed by atoms with Crippen LogP contribution < -0.4 is 16.6 Å². The van der Waals surface area contributed by atoms with Crippen LogP contribution in [0.15, 0.2) is 11.8 Å². The Morgan fingerprint density at radius 2 is 2.19 bits per heavy atom. The minimum atomic E-state index is -0.679. The van der Waals surface area contributed by atoms with Crippen molar-refractivity contribution in [3.05, 3.63) is 11.8 Å². The van der Waals surface area contributed by atoms with Crippen LogP contribution in [0.2, 0.25) is 0 Å². The molecule has 6 heteroatoms. The molecule has 0 aromatic rings. The molecule has 0 radical (unpaired) electrons. The number of ether oxygens (including phenoxy) is 1. The number of urea groups is 1. The summed E-state index contributed by atoms with van der Waals surface area (Å²) in [4.78, 5) is 21.9. The number of allylic oxidation sites excluding steroid dienone is 1. The number of amides is 2. The Hall–Kier alpha value is -1.72. The van der Waals surface area contributed by atoms with Crippen molar-refractivity contribution in [2.75, 3.05) is 0 Å². The van der Waals surface area contributed by atoms with Gasteiger partial charge in [0.2, 0.25) is 0 Å². The Morgan fingerprint density at radius 3 is 2.62 bits per heavy atom. The first kappa shape index (κ1) is 12.4. The molecule has 0 bridgehead atoms. The van der Waals surface area contributed by atoms with Crippen molar-refractivity contribution in [3.63, 3.8) is 0 Å². The molecule has 1 saturated heterocycles. The molecule has 16 heavy (non-hydrogen) atoms. The molecule has 6 nitrogen and oxygen atoms in total. The van der Waals surface area contributed by atoms with Gasteiger partial charge in [-0.1, -0.05) is 0 Å². The van der Waals surface area contributed by atoms with E-state index < -0.39 is 11.6 Å². The van der Waals surface area contributed by atoms with Crippen molar-refractivity contribution in [2.45, 2.75) is 32.8 Å². The highest BCUT2D eigenvalue weighted by Crippen LogP contribution is 2.31. The Bertz CT molecular complexity index is 336. The number of hydrogen-bond acceptors (Lipinski definition) is 4. The number of cyclic esters (lactones) is 1. The molecule has 1 aliphatic rings. The van der Waals surface area contributed by atoms with E-state index in [9.17, 15) is 9.59 Å². The van der Waals surface area contributed by atoms with Gasteiger partial charge < -0.3 is 15.9 Å². The molecule has 0 unspecified atom stereocenters. The van der Waals surface area contributed by atoms with Crippen LogP contribution in [0.1, 0.15) is 27.2 Å². The normalized spacial score (nSPS) is 23.8. The second-order valence-corrected chi connectivity index (χ2v) is 4.46. The molecule has 0 aromatic heterocycles. The molecule has 0 aromatic carbocycles. The van der Waals surface area contributed by atoms with Crippen molar-refractivity contribution in [1.82, 2.24) is 10.9 Å². The number of carbonyl (C=O) groups excluding carboxylic acids is 2. The van der Waals surface area contributed by atoms with Gasteiger partial charge in [-0.15, -0.1) is 0 Å². The number of carbonyl (C=O) groups is 2. The van der Waals surface area contributed by atoms with Gasteiger partial charge in [-0.2, -0.15) is 0 Å². The third-order valence-electron chi connectivity index (χ3n) is 2.23. The van der Waals surface area contributed by atoms with E-state index in [1.165, 1.54) is 0 Å². The highest BCUT2D eigenvalue weighted by Gasteiger charge is 2.38. The van der Waals surface area contributed by atoms with Crippen LogP contribution in [0.3, 0.4) is 0 Å². The zero-order chi connectivity index (χ0) is 12.3. The minimum Gasteiger partial charge on any atom is -0.459 e. The third-order valence-corrected chi connectivity index (χ3v) is 2.23. The average Bonchev–Trinajstić information content (AvgIpc) is 2.36. The zero-order valence-corrected chi connectivity index (χ0v) is 9.66. The van der Waals surface area contributed by atoms with Crippen molar-refractivity contribution >= 4 is 12.0 Å². The lowest BCUT2D eigenvalue weighted by atomic mass is 9.97. The maximum Gasteiger partial charge on any atom is 0.330 e. The summed E-state index contributed by atoms with van der Waals surface area (Å²) in [6.07, 6.45) is 2.34. The van der Waals surface area contributed by atoms with E-state index in [4.69, 9.17) is 10.5 Å². The summed E-state index contributed by atoms with van der Waals surface area (Å²) >= 11 is 0. The predicted octanol–water partition coefficient (Wildman–Crippen LogP) is 0.405. The van der Waals surface area contributed by atoms with Crippen molar-refractivity contribution in [2.24, 2.45) is 11.7 Å². The van der Waals surface area contributed by atoms with E-state index in [0.717, 1.165) is 0 Å². The maximum absolute atomic E-state index is 11.5. The summed E-state index contributed by atoms with van der Waals surface area (Å²) in [6.45, 7) is 5.46. The summed E-state index contributed by atoms with van der Waals surface area (Å²) in [5, 5.41) is 0. The van der Waals surface area contributed by atoms with Crippen LogP contribution in [-0.4, -0.2) is 17.6 Å². The van der Waals surface area contributed by atoms with Gasteiger partial charge in [0.05, 0.1) is 5.92 Å². The standard InChI is InChI=1S/C10H17N3O3/c1-6(12-13-9(11)15)4-7-5-10(2,3)16-8(7)14/h4,7,12H,5H2,1-3H3,(H3,11,13,15)/b6-4-/t7-/m0/s1. The number of hydrogen-bond donors (Lipinski definition) is 3. The molecule has 1 fully saturated rings. The van der Waals surface area contributed by atoms with Crippen LogP contribution in [-0.2, 0) is 9.53 Å². The zero-order valence-electron chi connectivity index (χ0n) is 9.66. The first-order chi connectivity index (χ1) is 7.30. The molecule has 1 aliphatic heterocycles. The number of esters is 1. The lowest BCUT2D eigenvalue weighted by Gasteiger charge is -2.14. The van der Waals surface area contributed by atoms with E-state index in [1.807, 2.05) is 13.8 Å². The summed E-state index contributed by atoms with van der Waals surface area (Å²) in [6, 6.07) is -0.679. The van der Waals surface area contributed by atoms with Crippen molar-refractivity contribution in [1.29, 1.82) is 0 Å². The van der Waals surface area contributed by atoms with E-state index >= 15 is 0 Å². The van der Waals surface area contributed by atoms with Gasteiger partial charge in [0.1, 0.15) is 5.60 Å². The first-order valence-electron chi connectivity index (χ1n) is 5.03. The van der Waals surface area contributed by atoms with Gasteiger partial charge >= 0.3 is 12.0 Å². The molecular weight excluding hydrogens is 210 g/mol. The molecule has 0 saturated carbocycles. The summed E-state index contributed by atoms with van der Waals surface area (Å²) in [5.41, 5.74) is 9.93. The van der Waals surface area contributed by atoms with Crippen LogP contribution in [0, 0.1) is 5.92 Å². The van der Waals surface area contributed by atoms with E-state index in [0.29, 0.717) is 12.1 Å². The van der Waals surface area contributed by atoms with Crippen LogP contribution >= 0.6 is 0 Å². The largest absolute Gasteiger partial charge is 0.459 e. The van der Waals surface area contributed by atoms with Crippen LogP contribution in [0.25, 0.3) is 0 Å². The fourth-order valence-corrected chi connectivity index (χ4v) is 1.63. The smallest absolute Gasteiger partial charge is 0.330 e. The Morgan fingerprint density at radius 1 is 1.56 bits per heavy atom. The van der Waals surface area contributed by atoms with Gasteiger partial charge in [0.25, 0.3) is 0 Å². The van der Waals surface area contributed by atoms with Crippen molar-refractivity contribution in [3.8, 4) is 0 Å². The Balaban J connectivity index is 2.56. The molecular formula is C10H17N3O3. The van der Waals surface area contributed by atoms with Gasteiger partial charge in [-0.3, -0.25) is 10.2 Å². The molecule has 1 heterocycles. The van der Waals surface area contributed by atoms with E-state index in [2.05, 4.69) is 10.9 Å². The molecule has 1 atom stereocenters. The van der Waals surface area contributed by atoms with Gasteiger partial charge in [0, 0.05) is 12.1 Å². The number of nitrogens with one attached hydrogen (secondary N) is 2. The quantitative estimate of drug-likeness (QED) is 0.480. The number of rotatable bonds is 3.